The van der Waals surface area contributed by atoms with Gasteiger partial charge in [-0.3, -0.25) is 0 Å². The van der Waals surface area contributed by atoms with Gasteiger partial charge in [0, 0.05) is 5.56 Å². The highest BCUT2D eigenvalue weighted by molar-refractivity contribution is 6.43. The summed E-state index contributed by atoms with van der Waals surface area (Å²) in [5, 5.41) is 8.53. The second-order valence-electron chi connectivity index (χ2n) is 5.62. The van der Waals surface area contributed by atoms with Gasteiger partial charge in [0.05, 0.1) is 19.0 Å². The van der Waals surface area contributed by atoms with Gasteiger partial charge in [0.25, 0.3) is 5.88 Å². The maximum atomic E-state index is 12.0. The van der Waals surface area contributed by atoms with Gasteiger partial charge in [-0.1, -0.05) is 59.2 Å². The molecule has 8 heteroatoms. The van der Waals surface area contributed by atoms with Crippen LogP contribution in [0.1, 0.15) is 11.1 Å². The number of carbonyl (C=O) groups excluding carboxylic acids is 1. The summed E-state index contributed by atoms with van der Waals surface area (Å²) in [6.45, 7) is 0.126. The van der Waals surface area contributed by atoms with E-state index >= 15 is 0 Å². The molecule has 0 unspecified atom stereocenters. The van der Waals surface area contributed by atoms with Crippen LogP contribution in [0, 0.1) is 0 Å². The van der Waals surface area contributed by atoms with E-state index in [0.29, 0.717) is 16.1 Å². The van der Waals surface area contributed by atoms with Crippen molar-refractivity contribution in [3.05, 3.63) is 76.9 Å². The molecular formula is C20H18ClN3O4. The van der Waals surface area contributed by atoms with Crippen molar-refractivity contribution >= 4 is 23.3 Å². The third-order valence-electron chi connectivity index (χ3n) is 3.86. The normalized spacial score (nSPS) is 11.2. The van der Waals surface area contributed by atoms with Crippen LogP contribution in [0.15, 0.2) is 65.9 Å². The van der Waals surface area contributed by atoms with Gasteiger partial charge in [-0.2, -0.15) is 0 Å². The lowest BCUT2D eigenvalue weighted by molar-refractivity contribution is -0.132. The van der Waals surface area contributed by atoms with Gasteiger partial charge in [0.15, 0.2) is 5.71 Å². The number of hydrogen-bond donors (Lipinski definition) is 0. The molecular weight excluding hydrogens is 382 g/mol. The molecule has 0 saturated carbocycles. The first kappa shape index (κ1) is 19.4. The first-order valence-corrected chi connectivity index (χ1v) is 8.73. The fraction of sp³-hybridized carbons (Fsp3) is 0.150. The summed E-state index contributed by atoms with van der Waals surface area (Å²) in [4.78, 5) is 16.8. The molecule has 0 aliphatic heterocycles. The zero-order valence-electron chi connectivity index (χ0n) is 15.3. The van der Waals surface area contributed by atoms with Crippen LogP contribution in [0.2, 0.25) is 5.02 Å². The summed E-state index contributed by atoms with van der Waals surface area (Å²) in [5.74, 6) is -0.329. The number of carbonyl (C=O) groups is 1. The summed E-state index contributed by atoms with van der Waals surface area (Å²) in [5.41, 5.74) is 2.15. The van der Waals surface area contributed by atoms with Crippen molar-refractivity contribution in [2.45, 2.75) is 6.61 Å². The van der Waals surface area contributed by atoms with E-state index < -0.39 is 5.97 Å². The van der Waals surface area contributed by atoms with Crippen LogP contribution in [0.4, 0.5) is 0 Å². The standard InChI is InChI=1S/C20H18ClN3O4/c1-26-20(25)18(23-27-2)16-11-7-6-8-14(16)13-28-19-17(21)12-24(22-19)15-9-4-3-5-10-15/h3-12H,13H2,1-2H3. The molecule has 0 saturated heterocycles. The van der Waals surface area contributed by atoms with Gasteiger partial charge in [-0.15, -0.1) is 5.10 Å². The highest BCUT2D eigenvalue weighted by atomic mass is 35.5. The molecule has 7 nitrogen and oxygen atoms in total. The molecule has 0 radical (unpaired) electrons. The highest BCUT2D eigenvalue weighted by Gasteiger charge is 2.20. The van der Waals surface area contributed by atoms with Crippen LogP contribution in [0.3, 0.4) is 0 Å². The Bertz CT molecular complexity index is 986. The molecule has 1 aromatic heterocycles. The summed E-state index contributed by atoms with van der Waals surface area (Å²) < 4.78 is 12.2. The van der Waals surface area contributed by atoms with Crippen molar-refractivity contribution < 1.29 is 19.1 Å². The number of aromatic nitrogens is 2. The zero-order valence-corrected chi connectivity index (χ0v) is 16.1. The van der Waals surface area contributed by atoms with E-state index in [0.717, 1.165) is 5.69 Å². The van der Waals surface area contributed by atoms with Crippen LogP contribution in [-0.2, 0) is 21.0 Å². The molecule has 0 aliphatic rings. The van der Waals surface area contributed by atoms with E-state index in [1.165, 1.54) is 14.2 Å². The molecule has 2 aromatic carbocycles. The smallest absolute Gasteiger partial charge is 0.360 e. The average Bonchev–Trinajstić information content (AvgIpc) is 3.11. The van der Waals surface area contributed by atoms with Crippen LogP contribution in [-0.4, -0.2) is 35.7 Å². The van der Waals surface area contributed by atoms with Crippen molar-refractivity contribution in [3.8, 4) is 11.6 Å². The molecule has 0 amide bonds. The van der Waals surface area contributed by atoms with E-state index in [9.17, 15) is 4.79 Å². The predicted molar refractivity (Wildman–Crippen MR) is 105 cm³/mol. The van der Waals surface area contributed by atoms with Gasteiger partial charge in [-0.25, -0.2) is 9.48 Å². The Balaban J connectivity index is 1.84. The Hall–Kier alpha value is -3.32. The van der Waals surface area contributed by atoms with Gasteiger partial charge in [0.1, 0.15) is 18.7 Å². The van der Waals surface area contributed by atoms with Gasteiger partial charge in [-0.05, 0) is 17.7 Å². The van der Waals surface area contributed by atoms with E-state index in [4.69, 9.17) is 25.9 Å². The molecule has 0 spiro atoms. The molecule has 1 heterocycles. The second-order valence-corrected chi connectivity index (χ2v) is 6.03. The average molecular weight is 400 g/mol. The Kier molecular flexibility index (Phi) is 6.29. The quantitative estimate of drug-likeness (QED) is 0.344. The van der Waals surface area contributed by atoms with Crippen molar-refractivity contribution in [2.24, 2.45) is 5.16 Å². The lowest BCUT2D eigenvalue weighted by atomic mass is 10.0. The fourth-order valence-electron chi connectivity index (χ4n) is 2.56. The van der Waals surface area contributed by atoms with Gasteiger partial charge < -0.3 is 14.3 Å². The van der Waals surface area contributed by atoms with Crippen molar-refractivity contribution in [2.75, 3.05) is 14.2 Å². The first-order valence-electron chi connectivity index (χ1n) is 8.35. The van der Waals surface area contributed by atoms with E-state index in [-0.39, 0.29) is 18.2 Å². The molecule has 0 aliphatic carbocycles. The number of nitrogens with zero attached hydrogens (tertiary/aromatic N) is 3. The minimum Gasteiger partial charge on any atom is -0.471 e. The molecule has 0 atom stereocenters. The largest absolute Gasteiger partial charge is 0.471 e. The maximum Gasteiger partial charge on any atom is 0.360 e. The van der Waals surface area contributed by atoms with Crippen LogP contribution in [0.5, 0.6) is 5.88 Å². The molecule has 0 N–H and O–H groups in total. The van der Waals surface area contributed by atoms with Gasteiger partial charge >= 0.3 is 5.97 Å². The zero-order chi connectivity index (χ0) is 19.9. The van der Waals surface area contributed by atoms with Crippen LogP contribution >= 0.6 is 11.6 Å². The maximum absolute atomic E-state index is 12.0. The molecule has 3 aromatic rings. The minimum atomic E-state index is -0.610. The molecule has 28 heavy (non-hydrogen) atoms. The SMILES string of the molecule is CON=C(C(=O)OC)c1ccccc1COc1nn(-c2ccccc2)cc1Cl. The molecule has 0 fully saturated rings. The molecule has 0 bridgehead atoms. The number of para-hydroxylation sites is 1. The van der Waals surface area contributed by atoms with Crippen molar-refractivity contribution in [3.63, 3.8) is 0 Å². The van der Waals surface area contributed by atoms with Crippen LogP contribution < -0.4 is 4.74 Å². The van der Waals surface area contributed by atoms with E-state index in [1.807, 2.05) is 42.5 Å². The number of rotatable bonds is 7. The van der Waals surface area contributed by atoms with Gasteiger partial charge in [0.2, 0.25) is 0 Å². The van der Waals surface area contributed by atoms with E-state index in [2.05, 4.69) is 10.3 Å². The summed E-state index contributed by atoms with van der Waals surface area (Å²) in [7, 11) is 2.64. The third-order valence-corrected chi connectivity index (χ3v) is 4.12. The minimum absolute atomic E-state index is 0.0464. The van der Waals surface area contributed by atoms with E-state index in [1.54, 1.807) is 23.0 Å². The third kappa shape index (κ3) is 4.32. The fourth-order valence-corrected chi connectivity index (χ4v) is 2.74. The predicted octanol–water partition coefficient (Wildman–Crippen LogP) is 3.63. The number of methoxy groups -OCH3 is 1. The highest BCUT2D eigenvalue weighted by Crippen LogP contribution is 2.25. The Morgan fingerprint density at radius 2 is 1.82 bits per heavy atom. The number of oxime groups is 1. The lowest BCUT2D eigenvalue weighted by Crippen LogP contribution is -2.19. The number of hydrogen-bond acceptors (Lipinski definition) is 6. The summed E-state index contributed by atoms with van der Waals surface area (Å²) in [6, 6.07) is 16.7. The number of ether oxygens (including phenoxy) is 2. The lowest BCUT2D eigenvalue weighted by Gasteiger charge is -2.10. The Morgan fingerprint density at radius 3 is 2.54 bits per heavy atom. The van der Waals surface area contributed by atoms with Crippen LogP contribution in [0.25, 0.3) is 5.69 Å². The molecule has 3 rings (SSSR count). The molecule has 144 valence electrons. The number of esters is 1. The Morgan fingerprint density at radius 1 is 1.11 bits per heavy atom. The monoisotopic (exact) mass is 399 g/mol. The number of halogens is 1. The van der Waals surface area contributed by atoms with Crippen molar-refractivity contribution in [1.29, 1.82) is 0 Å². The second kappa shape index (κ2) is 9.05. The topological polar surface area (TPSA) is 74.9 Å². The summed E-state index contributed by atoms with van der Waals surface area (Å²) >= 11 is 6.26. The summed E-state index contributed by atoms with van der Waals surface area (Å²) in [6.07, 6.45) is 1.67. The number of benzene rings is 2. The Labute approximate surface area is 167 Å². The van der Waals surface area contributed by atoms with Crippen molar-refractivity contribution in [1.82, 2.24) is 9.78 Å². The first-order chi connectivity index (χ1) is 13.6.